The number of carbonyl (C=O) groups is 2. The summed E-state index contributed by atoms with van der Waals surface area (Å²) in [5.74, 6) is -1.15. The number of thiophene rings is 1. The Balaban J connectivity index is 2.07. The van der Waals surface area contributed by atoms with Gasteiger partial charge in [0.15, 0.2) is 0 Å². The van der Waals surface area contributed by atoms with E-state index < -0.39 is 5.97 Å². The average Bonchev–Trinajstić information content (AvgIpc) is 2.92. The third kappa shape index (κ3) is 4.13. The van der Waals surface area contributed by atoms with E-state index in [-0.39, 0.29) is 24.7 Å². The van der Waals surface area contributed by atoms with Gasteiger partial charge in [-0.05, 0) is 25.1 Å². The number of carboxylic acids is 1. The van der Waals surface area contributed by atoms with Gasteiger partial charge in [-0.3, -0.25) is 4.79 Å². The minimum Gasteiger partial charge on any atom is -0.478 e. The zero-order valence-electron chi connectivity index (χ0n) is 11.6. The summed E-state index contributed by atoms with van der Waals surface area (Å²) in [6.45, 7) is 2.58. The number of amides is 1. The van der Waals surface area contributed by atoms with E-state index in [1.165, 1.54) is 17.4 Å². The van der Waals surface area contributed by atoms with Gasteiger partial charge in [-0.1, -0.05) is 0 Å². The number of hydrogen-bond donors (Lipinski definition) is 2. The molecule has 1 aliphatic rings. The number of rotatable bonds is 4. The third-order valence-electron chi connectivity index (χ3n) is 3.04. The second-order valence-corrected chi connectivity index (χ2v) is 5.95. The number of carbonyl (C=O) groups excluding carboxylic acids is 1. The van der Waals surface area contributed by atoms with Gasteiger partial charge >= 0.3 is 5.97 Å². The Morgan fingerprint density at radius 2 is 2.24 bits per heavy atom. The van der Waals surface area contributed by atoms with Crippen LogP contribution in [0, 0.1) is 0 Å². The van der Waals surface area contributed by atoms with Gasteiger partial charge < -0.3 is 19.8 Å². The summed E-state index contributed by atoms with van der Waals surface area (Å²) in [7, 11) is 0. The standard InChI is InChI=1S/C14H17NO5S/c1-9-6-15(7-10(8-16)20-9)14(19)12-4-2-11(21-12)3-5-13(17)18/h2-5,9-10,16H,6-8H2,1H3,(H,17,18)/b5-3+. The normalized spacial score (nSPS) is 22.7. The maximum Gasteiger partial charge on any atom is 0.328 e. The minimum absolute atomic E-state index is 0.119. The van der Waals surface area contributed by atoms with E-state index in [1.807, 2.05) is 6.92 Å². The van der Waals surface area contributed by atoms with Gasteiger partial charge in [-0.15, -0.1) is 11.3 Å². The molecule has 2 atom stereocenters. The van der Waals surface area contributed by atoms with Gasteiger partial charge in [-0.25, -0.2) is 4.79 Å². The smallest absolute Gasteiger partial charge is 0.328 e. The Morgan fingerprint density at radius 3 is 2.90 bits per heavy atom. The molecule has 2 unspecified atom stereocenters. The molecule has 0 saturated carbocycles. The lowest BCUT2D eigenvalue weighted by molar-refractivity contribution is -0.131. The molecule has 2 N–H and O–H groups in total. The van der Waals surface area contributed by atoms with Gasteiger partial charge in [0, 0.05) is 24.0 Å². The predicted octanol–water partition coefficient (Wildman–Crippen LogP) is 1.07. The fourth-order valence-electron chi connectivity index (χ4n) is 2.18. The SMILES string of the molecule is CC1CN(C(=O)c2ccc(/C=C/C(=O)O)s2)CC(CO)O1. The van der Waals surface area contributed by atoms with Crippen LogP contribution >= 0.6 is 11.3 Å². The quantitative estimate of drug-likeness (QED) is 0.812. The van der Waals surface area contributed by atoms with E-state index >= 15 is 0 Å². The first-order valence-corrected chi connectivity index (χ1v) is 7.37. The van der Waals surface area contributed by atoms with Crippen molar-refractivity contribution in [1.82, 2.24) is 4.90 Å². The van der Waals surface area contributed by atoms with Gasteiger partial charge in [0.25, 0.3) is 5.91 Å². The minimum atomic E-state index is -1.02. The number of ether oxygens (including phenoxy) is 1. The maximum absolute atomic E-state index is 12.4. The number of hydrogen-bond acceptors (Lipinski definition) is 5. The average molecular weight is 311 g/mol. The van der Waals surface area contributed by atoms with Crippen LogP contribution < -0.4 is 0 Å². The van der Waals surface area contributed by atoms with Gasteiger partial charge in [-0.2, -0.15) is 0 Å². The van der Waals surface area contributed by atoms with Crippen molar-refractivity contribution in [2.45, 2.75) is 19.1 Å². The van der Waals surface area contributed by atoms with Gasteiger partial charge in [0.2, 0.25) is 0 Å². The molecule has 21 heavy (non-hydrogen) atoms. The van der Waals surface area contributed by atoms with Crippen LogP contribution in [-0.2, 0) is 9.53 Å². The number of carboxylic acid groups (broad SMARTS) is 1. The zero-order valence-corrected chi connectivity index (χ0v) is 12.4. The van der Waals surface area contributed by atoms with Crippen molar-refractivity contribution in [3.63, 3.8) is 0 Å². The molecule has 0 aromatic carbocycles. The van der Waals surface area contributed by atoms with E-state index in [1.54, 1.807) is 17.0 Å². The van der Waals surface area contributed by atoms with Crippen molar-refractivity contribution in [2.24, 2.45) is 0 Å². The molecule has 1 saturated heterocycles. The van der Waals surface area contributed by atoms with E-state index in [2.05, 4.69) is 0 Å². The Morgan fingerprint density at radius 1 is 1.48 bits per heavy atom. The molecule has 7 heteroatoms. The lowest BCUT2D eigenvalue weighted by atomic mass is 10.2. The molecule has 0 radical (unpaired) electrons. The maximum atomic E-state index is 12.4. The van der Waals surface area contributed by atoms with Crippen molar-refractivity contribution in [2.75, 3.05) is 19.7 Å². The van der Waals surface area contributed by atoms with Crippen molar-refractivity contribution in [3.05, 3.63) is 28.0 Å². The summed E-state index contributed by atoms with van der Waals surface area (Å²) in [5, 5.41) is 17.8. The molecule has 1 fully saturated rings. The van der Waals surface area contributed by atoms with Crippen molar-refractivity contribution >= 4 is 29.3 Å². The number of aliphatic hydroxyl groups excluding tert-OH is 1. The number of aliphatic carboxylic acids is 1. The highest BCUT2D eigenvalue weighted by Gasteiger charge is 2.29. The number of morpholine rings is 1. The fourth-order valence-corrected chi connectivity index (χ4v) is 3.06. The highest BCUT2D eigenvalue weighted by Crippen LogP contribution is 2.22. The topological polar surface area (TPSA) is 87.1 Å². The molecular formula is C14H17NO5S. The molecule has 0 bridgehead atoms. The van der Waals surface area contributed by atoms with Crippen LogP contribution in [0.2, 0.25) is 0 Å². The third-order valence-corrected chi connectivity index (χ3v) is 4.08. The van der Waals surface area contributed by atoms with E-state index in [9.17, 15) is 14.7 Å². The fraction of sp³-hybridized carbons (Fsp3) is 0.429. The summed E-state index contributed by atoms with van der Waals surface area (Å²) in [6.07, 6.45) is 2.02. The molecule has 1 aliphatic heterocycles. The van der Waals surface area contributed by atoms with E-state index in [0.29, 0.717) is 22.8 Å². The first-order chi connectivity index (χ1) is 9.99. The number of aliphatic hydroxyl groups is 1. The Labute approximate surface area is 126 Å². The summed E-state index contributed by atoms with van der Waals surface area (Å²) in [6, 6.07) is 3.40. The molecule has 2 heterocycles. The van der Waals surface area contributed by atoms with E-state index in [4.69, 9.17) is 9.84 Å². The Kier molecular flexibility index (Phi) is 5.11. The molecule has 1 aromatic rings. The van der Waals surface area contributed by atoms with Crippen LogP contribution in [0.4, 0.5) is 0 Å². The highest BCUT2D eigenvalue weighted by molar-refractivity contribution is 7.14. The monoisotopic (exact) mass is 311 g/mol. The zero-order chi connectivity index (χ0) is 15.4. The summed E-state index contributed by atoms with van der Waals surface area (Å²) in [4.78, 5) is 25.8. The molecule has 114 valence electrons. The molecule has 1 amide bonds. The van der Waals surface area contributed by atoms with Crippen LogP contribution in [0.15, 0.2) is 18.2 Å². The van der Waals surface area contributed by atoms with Gasteiger partial charge in [0.1, 0.15) is 0 Å². The summed E-state index contributed by atoms with van der Waals surface area (Å²) < 4.78 is 5.50. The Hall–Kier alpha value is -1.70. The lowest BCUT2D eigenvalue weighted by Crippen LogP contribution is -2.50. The molecule has 1 aromatic heterocycles. The first-order valence-electron chi connectivity index (χ1n) is 6.56. The van der Waals surface area contributed by atoms with E-state index in [0.717, 1.165) is 6.08 Å². The molecule has 0 spiro atoms. The second-order valence-electron chi connectivity index (χ2n) is 4.84. The molecule has 2 rings (SSSR count). The second kappa shape index (κ2) is 6.84. The molecular weight excluding hydrogens is 294 g/mol. The van der Waals surface area contributed by atoms with Crippen LogP contribution in [0.1, 0.15) is 21.5 Å². The van der Waals surface area contributed by atoms with Crippen molar-refractivity contribution in [3.8, 4) is 0 Å². The molecule has 0 aliphatic carbocycles. The summed E-state index contributed by atoms with van der Waals surface area (Å²) >= 11 is 1.24. The predicted molar refractivity (Wildman–Crippen MR) is 78.3 cm³/mol. The van der Waals surface area contributed by atoms with Crippen LogP contribution in [-0.4, -0.2) is 58.9 Å². The largest absolute Gasteiger partial charge is 0.478 e. The van der Waals surface area contributed by atoms with Crippen molar-refractivity contribution < 1.29 is 24.5 Å². The molecule has 6 nitrogen and oxygen atoms in total. The van der Waals surface area contributed by atoms with Crippen LogP contribution in [0.25, 0.3) is 6.08 Å². The van der Waals surface area contributed by atoms with Crippen LogP contribution in [0.5, 0.6) is 0 Å². The number of nitrogens with zero attached hydrogens (tertiary/aromatic N) is 1. The lowest BCUT2D eigenvalue weighted by Gasteiger charge is -2.35. The van der Waals surface area contributed by atoms with Gasteiger partial charge in [0.05, 0.1) is 23.7 Å². The first kappa shape index (κ1) is 15.7. The Bertz CT molecular complexity index is 553. The van der Waals surface area contributed by atoms with Crippen LogP contribution in [0.3, 0.4) is 0 Å². The van der Waals surface area contributed by atoms with Crippen molar-refractivity contribution in [1.29, 1.82) is 0 Å². The summed E-state index contributed by atoms with van der Waals surface area (Å²) in [5.41, 5.74) is 0. The highest BCUT2D eigenvalue weighted by atomic mass is 32.1.